The molecule has 0 aliphatic carbocycles. The van der Waals surface area contributed by atoms with Crippen molar-refractivity contribution in [3.63, 3.8) is 0 Å². The molecule has 0 fully saturated rings. The first-order chi connectivity index (χ1) is 4.79. The molecule has 0 aliphatic heterocycles. The molecule has 2 nitrogen and oxygen atoms in total. The van der Waals surface area contributed by atoms with Crippen molar-refractivity contribution in [2.75, 3.05) is 0 Å². The van der Waals surface area contributed by atoms with Crippen LogP contribution in [0.1, 0.15) is 11.4 Å². The van der Waals surface area contributed by atoms with Gasteiger partial charge >= 0.3 is 0 Å². The lowest BCUT2D eigenvalue weighted by Crippen LogP contribution is -1.89. The van der Waals surface area contributed by atoms with Crippen LogP contribution in [-0.4, -0.2) is 10.2 Å². The van der Waals surface area contributed by atoms with E-state index < -0.39 is 0 Å². The highest BCUT2D eigenvalue weighted by atomic mass is 35.5. The lowest BCUT2D eigenvalue weighted by atomic mass is 10.3. The molecule has 1 heterocycles. The van der Waals surface area contributed by atoms with Crippen molar-refractivity contribution in [1.82, 2.24) is 4.98 Å². The fraction of sp³-hybridized carbons (Fsp3) is 0.333. The van der Waals surface area contributed by atoms with E-state index in [1.807, 2.05) is 5.38 Å². The lowest BCUT2D eigenvalue weighted by Gasteiger charge is -1.87. The van der Waals surface area contributed by atoms with Gasteiger partial charge in [-0.15, -0.1) is 11.3 Å². The molecule has 54 valence electrons. The Morgan fingerprint density at radius 1 is 1.80 bits per heavy atom. The zero-order valence-electron chi connectivity index (χ0n) is 5.21. The van der Waals surface area contributed by atoms with Crippen LogP contribution in [0.5, 0.6) is 0 Å². The van der Waals surface area contributed by atoms with Crippen molar-refractivity contribution in [2.45, 2.75) is 12.8 Å². The third-order valence-corrected chi connectivity index (χ3v) is 2.05. The van der Waals surface area contributed by atoms with E-state index in [2.05, 4.69) is 4.98 Å². The minimum Gasteiger partial charge on any atom is -0.281 e. The van der Waals surface area contributed by atoms with Gasteiger partial charge in [0.05, 0.1) is 5.01 Å². The van der Waals surface area contributed by atoms with Crippen LogP contribution in [0.15, 0.2) is 11.6 Å². The van der Waals surface area contributed by atoms with Crippen molar-refractivity contribution in [3.05, 3.63) is 16.6 Å². The number of aryl methyl sites for hydroxylation is 1. The van der Waals surface area contributed by atoms with Gasteiger partial charge in [0.25, 0.3) is 0 Å². The highest BCUT2D eigenvalue weighted by molar-refractivity contribution is 7.09. The molecule has 1 aromatic heterocycles. The van der Waals surface area contributed by atoms with Crippen LogP contribution in [0.3, 0.4) is 0 Å². The fourth-order valence-electron chi connectivity index (χ4n) is 0.582. The second kappa shape index (κ2) is 3.68. The van der Waals surface area contributed by atoms with Gasteiger partial charge in [0, 0.05) is 24.4 Å². The summed E-state index contributed by atoms with van der Waals surface area (Å²) in [5, 5.41) is 2.55. The summed E-state index contributed by atoms with van der Waals surface area (Å²) < 4.78 is 0. The Morgan fingerprint density at radius 3 is 3.10 bits per heavy atom. The molecule has 0 saturated carbocycles. The van der Waals surface area contributed by atoms with Gasteiger partial charge in [-0.05, 0) is 11.6 Å². The number of nitrogens with zero attached hydrogens (tertiary/aromatic N) is 1. The zero-order valence-corrected chi connectivity index (χ0v) is 6.78. The van der Waals surface area contributed by atoms with E-state index in [0.29, 0.717) is 12.8 Å². The Morgan fingerprint density at radius 2 is 2.60 bits per heavy atom. The first-order valence-corrected chi connectivity index (χ1v) is 4.11. The molecule has 10 heavy (non-hydrogen) atoms. The van der Waals surface area contributed by atoms with Crippen LogP contribution in [0.4, 0.5) is 0 Å². The van der Waals surface area contributed by atoms with E-state index in [4.69, 9.17) is 11.6 Å². The SMILES string of the molecule is O=C(Cl)CCc1nccs1. The van der Waals surface area contributed by atoms with Crippen molar-refractivity contribution in [2.24, 2.45) is 0 Å². The predicted molar refractivity (Wildman–Crippen MR) is 41.3 cm³/mol. The van der Waals surface area contributed by atoms with E-state index >= 15 is 0 Å². The monoisotopic (exact) mass is 175 g/mol. The molecule has 0 N–H and O–H groups in total. The Hall–Kier alpha value is -0.410. The number of carbonyl (C=O) groups is 1. The van der Waals surface area contributed by atoms with Gasteiger partial charge in [-0.3, -0.25) is 4.79 Å². The highest BCUT2D eigenvalue weighted by Gasteiger charge is 1.98. The molecule has 0 atom stereocenters. The van der Waals surface area contributed by atoms with Crippen molar-refractivity contribution < 1.29 is 4.79 Å². The Bertz CT molecular complexity index is 210. The maximum Gasteiger partial charge on any atom is 0.222 e. The summed E-state index contributed by atoms with van der Waals surface area (Å²) in [7, 11) is 0. The third kappa shape index (κ3) is 2.45. The Labute approximate surface area is 67.9 Å². The van der Waals surface area contributed by atoms with Crippen LogP contribution in [0.25, 0.3) is 0 Å². The molecule has 0 aromatic carbocycles. The average Bonchev–Trinajstić information content (AvgIpc) is 2.34. The molecule has 0 aliphatic rings. The summed E-state index contributed by atoms with van der Waals surface area (Å²) in [6, 6.07) is 0. The summed E-state index contributed by atoms with van der Waals surface area (Å²) >= 11 is 6.68. The molecule has 1 rings (SSSR count). The first-order valence-electron chi connectivity index (χ1n) is 2.86. The summed E-state index contributed by atoms with van der Waals surface area (Å²) in [5.74, 6) is 0. The van der Waals surface area contributed by atoms with E-state index in [1.54, 1.807) is 17.5 Å². The summed E-state index contributed by atoms with van der Waals surface area (Å²) in [6.07, 6.45) is 2.77. The zero-order chi connectivity index (χ0) is 7.40. The van der Waals surface area contributed by atoms with E-state index in [9.17, 15) is 4.79 Å². The van der Waals surface area contributed by atoms with Crippen LogP contribution < -0.4 is 0 Å². The molecule has 0 radical (unpaired) electrons. The third-order valence-electron chi connectivity index (χ3n) is 1.02. The van der Waals surface area contributed by atoms with Crippen molar-refractivity contribution in [1.29, 1.82) is 0 Å². The van der Waals surface area contributed by atoms with Crippen molar-refractivity contribution in [3.8, 4) is 0 Å². The van der Waals surface area contributed by atoms with Gasteiger partial charge in [-0.25, -0.2) is 4.98 Å². The molecule has 4 heteroatoms. The Balaban J connectivity index is 2.35. The van der Waals surface area contributed by atoms with Gasteiger partial charge in [0.1, 0.15) is 0 Å². The Kier molecular flexibility index (Phi) is 2.83. The molecule has 0 saturated heterocycles. The number of carbonyl (C=O) groups excluding carboxylic acids is 1. The van der Waals surface area contributed by atoms with Gasteiger partial charge in [0.2, 0.25) is 5.24 Å². The van der Waals surface area contributed by atoms with Crippen LogP contribution in [-0.2, 0) is 11.2 Å². The van der Waals surface area contributed by atoms with Crippen LogP contribution >= 0.6 is 22.9 Å². The molecular weight excluding hydrogens is 170 g/mol. The predicted octanol–water partition coefficient (Wildman–Crippen LogP) is 1.84. The second-order valence-corrected chi connectivity index (χ2v) is 3.18. The standard InChI is InChI=1S/C6H6ClNOS/c7-5(9)1-2-6-8-3-4-10-6/h3-4H,1-2H2. The smallest absolute Gasteiger partial charge is 0.222 e. The number of hydrogen-bond acceptors (Lipinski definition) is 3. The van der Waals surface area contributed by atoms with Gasteiger partial charge < -0.3 is 0 Å². The topological polar surface area (TPSA) is 30.0 Å². The molecule has 1 aromatic rings. The van der Waals surface area contributed by atoms with Crippen LogP contribution in [0, 0.1) is 0 Å². The van der Waals surface area contributed by atoms with E-state index in [0.717, 1.165) is 5.01 Å². The molecule has 0 unspecified atom stereocenters. The summed E-state index contributed by atoms with van der Waals surface area (Å²) in [6.45, 7) is 0. The number of aromatic nitrogens is 1. The van der Waals surface area contributed by atoms with Gasteiger partial charge in [-0.2, -0.15) is 0 Å². The van der Waals surface area contributed by atoms with E-state index in [1.165, 1.54) is 0 Å². The minimum absolute atomic E-state index is 0.296. The number of rotatable bonds is 3. The second-order valence-electron chi connectivity index (χ2n) is 1.78. The fourth-order valence-corrected chi connectivity index (χ4v) is 1.30. The number of hydrogen-bond donors (Lipinski definition) is 0. The van der Waals surface area contributed by atoms with E-state index in [-0.39, 0.29) is 5.24 Å². The number of thiazole rings is 1. The molecule has 0 amide bonds. The minimum atomic E-state index is -0.296. The molecule has 0 bridgehead atoms. The maximum absolute atomic E-state index is 10.3. The largest absolute Gasteiger partial charge is 0.281 e. The summed E-state index contributed by atoms with van der Waals surface area (Å²) in [5.41, 5.74) is 0. The maximum atomic E-state index is 10.3. The van der Waals surface area contributed by atoms with Gasteiger partial charge in [0.15, 0.2) is 0 Å². The van der Waals surface area contributed by atoms with Crippen molar-refractivity contribution >= 4 is 28.2 Å². The highest BCUT2D eigenvalue weighted by Crippen LogP contribution is 2.07. The van der Waals surface area contributed by atoms with Gasteiger partial charge in [-0.1, -0.05) is 0 Å². The van der Waals surface area contributed by atoms with Crippen LogP contribution in [0.2, 0.25) is 0 Å². The quantitative estimate of drug-likeness (QED) is 0.657. The lowest BCUT2D eigenvalue weighted by molar-refractivity contribution is -0.111. The average molecular weight is 176 g/mol. The number of halogens is 1. The summed E-state index contributed by atoms with van der Waals surface area (Å²) in [4.78, 5) is 14.3. The molecule has 0 spiro atoms. The first kappa shape index (κ1) is 7.69. The normalized spacial score (nSPS) is 9.70. The molecular formula is C6H6ClNOS.